The standard InChI is InChI=1S/C15H27N3O3/c1-17(2)11-6-5-9-18(10-11)15(21)16-13-8-4-3-7-12(13)14(19)20/h11-13H,3-10H2,1-2H3,(H,16,21)(H,19,20). The molecule has 1 aliphatic heterocycles. The van der Waals surface area contributed by atoms with Crippen molar-refractivity contribution in [2.24, 2.45) is 5.92 Å². The fourth-order valence-corrected chi connectivity index (χ4v) is 3.41. The number of rotatable bonds is 3. The molecule has 1 saturated carbocycles. The van der Waals surface area contributed by atoms with Gasteiger partial charge in [-0.05, 0) is 39.8 Å². The summed E-state index contributed by atoms with van der Waals surface area (Å²) < 4.78 is 0. The first-order valence-electron chi connectivity index (χ1n) is 7.93. The number of hydrogen-bond acceptors (Lipinski definition) is 3. The molecule has 0 radical (unpaired) electrons. The molecule has 0 aromatic carbocycles. The van der Waals surface area contributed by atoms with Gasteiger partial charge >= 0.3 is 12.0 Å². The number of nitrogens with one attached hydrogen (secondary N) is 1. The van der Waals surface area contributed by atoms with Crippen LogP contribution in [0.15, 0.2) is 0 Å². The van der Waals surface area contributed by atoms with Crippen LogP contribution in [-0.4, -0.2) is 66.2 Å². The number of aliphatic carboxylic acids is 1. The predicted octanol–water partition coefficient (Wildman–Crippen LogP) is 1.37. The van der Waals surface area contributed by atoms with Gasteiger partial charge in [0.15, 0.2) is 0 Å². The summed E-state index contributed by atoms with van der Waals surface area (Å²) in [5.74, 6) is -1.22. The number of amides is 2. The summed E-state index contributed by atoms with van der Waals surface area (Å²) in [5.41, 5.74) is 0. The van der Waals surface area contributed by atoms with Crippen molar-refractivity contribution < 1.29 is 14.7 Å². The molecule has 0 aromatic rings. The second kappa shape index (κ2) is 7.11. The van der Waals surface area contributed by atoms with Gasteiger partial charge in [0.05, 0.1) is 5.92 Å². The number of likely N-dealkylation sites (tertiary alicyclic amines) is 1. The van der Waals surface area contributed by atoms with Gasteiger partial charge in [0.1, 0.15) is 0 Å². The molecule has 21 heavy (non-hydrogen) atoms. The van der Waals surface area contributed by atoms with Gasteiger partial charge in [-0.1, -0.05) is 12.8 Å². The molecular formula is C15H27N3O3. The van der Waals surface area contributed by atoms with E-state index in [9.17, 15) is 14.7 Å². The van der Waals surface area contributed by atoms with Crippen molar-refractivity contribution in [2.45, 2.75) is 50.6 Å². The second-order valence-electron chi connectivity index (χ2n) is 6.49. The Morgan fingerprint density at radius 3 is 2.52 bits per heavy atom. The molecule has 6 nitrogen and oxygen atoms in total. The van der Waals surface area contributed by atoms with Gasteiger partial charge in [-0.2, -0.15) is 0 Å². The van der Waals surface area contributed by atoms with Crippen LogP contribution in [0.3, 0.4) is 0 Å². The van der Waals surface area contributed by atoms with Crippen LogP contribution in [0.4, 0.5) is 4.79 Å². The van der Waals surface area contributed by atoms with Crippen LogP contribution < -0.4 is 5.32 Å². The lowest BCUT2D eigenvalue weighted by molar-refractivity contribution is -0.143. The number of hydrogen-bond donors (Lipinski definition) is 2. The number of carbonyl (C=O) groups excluding carboxylic acids is 1. The normalized spacial score (nSPS) is 30.2. The minimum atomic E-state index is -0.787. The van der Waals surface area contributed by atoms with Crippen LogP contribution >= 0.6 is 0 Å². The highest BCUT2D eigenvalue weighted by atomic mass is 16.4. The maximum atomic E-state index is 12.4. The van der Waals surface area contributed by atoms with Gasteiger partial charge in [0, 0.05) is 25.2 Å². The zero-order chi connectivity index (χ0) is 15.4. The molecular weight excluding hydrogens is 270 g/mol. The Morgan fingerprint density at radius 2 is 1.86 bits per heavy atom. The topological polar surface area (TPSA) is 72.9 Å². The van der Waals surface area contributed by atoms with E-state index in [4.69, 9.17) is 0 Å². The quantitative estimate of drug-likeness (QED) is 0.825. The van der Waals surface area contributed by atoms with Crippen LogP contribution in [0.2, 0.25) is 0 Å². The summed E-state index contributed by atoms with van der Waals surface area (Å²) in [5, 5.41) is 12.2. The third-order valence-corrected chi connectivity index (χ3v) is 4.81. The summed E-state index contributed by atoms with van der Waals surface area (Å²) >= 11 is 0. The van der Waals surface area contributed by atoms with Crippen LogP contribution in [0.1, 0.15) is 38.5 Å². The number of likely N-dealkylation sites (N-methyl/N-ethyl adjacent to an activating group) is 1. The molecule has 3 unspecified atom stereocenters. The van der Waals surface area contributed by atoms with Gasteiger partial charge in [-0.3, -0.25) is 4.79 Å². The van der Waals surface area contributed by atoms with E-state index in [1.54, 1.807) is 0 Å². The van der Waals surface area contributed by atoms with Crippen LogP contribution in [0.25, 0.3) is 0 Å². The molecule has 1 saturated heterocycles. The van der Waals surface area contributed by atoms with E-state index in [1.165, 1.54) is 0 Å². The number of piperidine rings is 1. The molecule has 6 heteroatoms. The first-order chi connectivity index (χ1) is 9.99. The lowest BCUT2D eigenvalue weighted by Gasteiger charge is -2.38. The van der Waals surface area contributed by atoms with Crippen molar-refractivity contribution in [3.63, 3.8) is 0 Å². The van der Waals surface area contributed by atoms with Crippen molar-refractivity contribution in [3.05, 3.63) is 0 Å². The molecule has 1 aliphatic carbocycles. The Balaban J connectivity index is 1.92. The van der Waals surface area contributed by atoms with Gasteiger partial charge in [0.25, 0.3) is 0 Å². The molecule has 0 bridgehead atoms. The average Bonchev–Trinajstić information content (AvgIpc) is 2.47. The summed E-state index contributed by atoms with van der Waals surface area (Å²) in [6.45, 7) is 1.49. The first-order valence-corrected chi connectivity index (χ1v) is 7.93. The number of nitrogens with zero attached hydrogens (tertiary/aromatic N) is 2. The molecule has 0 spiro atoms. The fraction of sp³-hybridized carbons (Fsp3) is 0.867. The van der Waals surface area contributed by atoms with E-state index < -0.39 is 11.9 Å². The first kappa shape index (κ1) is 16.1. The minimum absolute atomic E-state index is 0.0975. The molecule has 2 rings (SSSR count). The molecule has 0 aromatic heterocycles. The van der Waals surface area contributed by atoms with Crippen LogP contribution in [0, 0.1) is 5.92 Å². The Morgan fingerprint density at radius 1 is 1.14 bits per heavy atom. The van der Waals surface area contributed by atoms with Gasteiger partial charge in [-0.25, -0.2) is 4.79 Å². The van der Waals surface area contributed by atoms with E-state index in [0.29, 0.717) is 12.5 Å². The van der Waals surface area contributed by atoms with Crippen LogP contribution in [-0.2, 0) is 4.79 Å². The summed E-state index contributed by atoms with van der Waals surface area (Å²) in [4.78, 5) is 27.7. The van der Waals surface area contributed by atoms with Crippen LogP contribution in [0.5, 0.6) is 0 Å². The van der Waals surface area contributed by atoms with E-state index in [-0.39, 0.29) is 12.1 Å². The molecule has 1 heterocycles. The van der Waals surface area contributed by atoms with Crippen molar-refractivity contribution in [1.29, 1.82) is 0 Å². The maximum absolute atomic E-state index is 12.4. The SMILES string of the molecule is CN(C)C1CCCN(C(=O)NC2CCCCC2C(=O)O)C1. The Bertz CT molecular complexity index is 386. The highest BCUT2D eigenvalue weighted by molar-refractivity contribution is 5.77. The molecule has 3 atom stereocenters. The number of carboxylic acids is 1. The monoisotopic (exact) mass is 297 g/mol. The van der Waals surface area contributed by atoms with Crippen molar-refractivity contribution in [1.82, 2.24) is 15.1 Å². The zero-order valence-corrected chi connectivity index (χ0v) is 13.0. The third kappa shape index (κ3) is 4.09. The lowest BCUT2D eigenvalue weighted by atomic mass is 9.84. The highest BCUT2D eigenvalue weighted by Crippen LogP contribution is 2.25. The van der Waals surface area contributed by atoms with E-state index in [1.807, 2.05) is 19.0 Å². The number of carbonyl (C=O) groups is 2. The summed E-state index contributed by atoms with van der Waals surface area (Å²) in [6.07, 6.45) is 5.49. The fourth-order valence-electron chi connectivity index (χ4n) is 3.41. The summed E-state index contributed by atoms with van der Waals surface area (Å²) in [6, 6.07) is 0.0781. The van der Waals surface area contributed by atoms with E-state index >= 15 is 0 Å². The van der Waals surface area contributed by atoms with E-state index in [0.717, 1.165) is 45.2 Å². The molecule has 2 fully saturated rings. The molecule has 2 aliphatic rings. The average molecular weight is 297 g/mol. The summed E-state index contributed by atoms with van der Waals surface area (Å²) in [7, 11) is 4.07. The zero-order valence-electron chi connectivity index (χ0n) is 13.0. The highest BCUT2D eigenvalue weighted by Gasteiger charge is 2.33. The maximum Gasteiger partial charge on any atom is 0.317 e. The van der Waals surface area contributed by atoms with Gasteiger partial charge in [0.2, 0.25) is 0 Å². The Labute approximate surface area is 126 Å². The third-order valence-electron chi connectivity index (χ3n) is 4.81. The molecule has 2 N–H and O–H groups in total. The Kier molecular flexibility index (Phi) is 5.45. The number of carboxylic acid groups (broad SMARTS) is 1. The van der Waals surface area contributed by atoms with Gasteiger partial charge < -0.3 is 20.2 Å². The Hall–Kier alpha value is -1.30. The minimum Gasteiger partial charge on any atom is -0.481 e. The van der Waals surface area contributed by atoms with Crippen molar-refractivity contribution in [2.75, 3.05) is 27.2 Å². The molecule has 120 valence electrons. The second-order valence-corrected chi connectivity index (χ2v) is 6.49. The van der Waals surface area contributed by atoms with Crippen molar-refractivity contribution in [3.8, 4) is 0 Å². The van der Waals surface area contributed by atoms with Crippen molar-refractivity contribution >= 4 is 12.0 Å². The predicted molar refractivity (Wildman–Crippen MR) is 80.2 cm³/mol. The lowest BCUT2D eigenvalue weighted by Crippen LogP contribution is -2.54. The molecule has 2 amide bonds. The largest absolute Gasteiger partial charge is 0.481 e. The van der Waals surface area contributed by atoms with E-state index in [2.05, 4.69) is 10.2 Å². The number of urea groups is 1. The smallest absolute Gasteiger partial charge is 0.317 e. The van der Waals surface area contributed by atoms with Gasteiger partial charge in [-0.15, -0.1) is 0 Å².